The number of piperazine rings is 1. The molecule has 1 aliphatic heterocycles. The largest absolute Gasteiger partial charge is 0.355 e. The number of nitrogens with zero attached hydrogens (tertiary/aromatic N) is 3. The van der Waals surface area contributed by atoms with E-state index in [0.717, 1.165) is 50.0 Å². The highest BCUT2D eigenvalue weighted by Gasteiger charge is 2.20. The summed E-state index contributed by atoms with van der Waals surface area (Å²) >= 11 is 6.85. The molecule has 1 aliphatic rings. The van der Waals surface area contributed by atoms with Gasteiger partial charge < -0.3 is 10.2 Å². The van der Waals surface area contributed by atoms with Gasteiger partial charge in [-0.1, -0.05) is 25.4 Å². The standard InChI is InChI=1S/C16H28ClN5O2S2/c1-13(2)12-21-8-10-22(11-9-21)16(18-3)19-6-7-20-26(23,24)15-5-4-14(17)25-15/h4-5,13,20H,6-12H2,1-3H3,(H,18,19). The van der Waals surface area contributed by atoms with E-state index < -0.39 is 10.0 Å². The van der Waals surface area contributed by atoms with Crippen LogP contribution in [0.5, 0.6) is 0 Å². The SMILES string of the molecule is CN=C(NCCNS(=O)(=O)c1ccc(Cl)s1)N1CCN(CC(C)C)CC1. The maximum absolute atomic E-state index is 12.2. The van der Waals surface area contributed by atoms with Crippen LogP contribution in [0, 0.1) is 5.92 Å². The first kappa shape index (κ1) is 21.4. The van der Waals surface area contributed by atoms with E-state index in [9.17, 15) is 8.42 Å². The summed E-state index contributed by atoms with van der Waals surface area (Å²) in [7, 11) is -1.75. The third-order valence-electron chi connectivity index (χ3n) is 4.02. The van der Waals surface area contributed by atoms with Gasteiger partial charge in [0.2, 0.25) is 10.0 Å². The van der Waals surface area contributed by atoms with Gasteiger partial charge in [0.1, 0.15) is 4.21 Å². The number of halogens is 1. The van der Waals surface area contributed by atoms with E-state index in [1.54, 1.807) is 13.1 Å². The Bertz CT molecular complexity index is 697. The second kappa shape index (κ2) is 9.89. The predicted octanol–water partition coefficient (Wildman–Crippen LogP) is 1.53. The van der Waals surface area contributed by atoms with Crippen molar-refractivity contribution in [3.05, 3.63) is 16.5 Å². The number of guanidine groups is 1. The minimum absolute atomic E-state index is 0.230. The third-order valence-corrected chi connectivity index (χ3v) is 7.20. The summed E-state index contributed by atoms with van der Waals surface area (Å²) in [5, 5.41) is 3.23. The molecule has 26 heavy (non-hydrogen) atoms. The van der Waals surface area contributed by atoms with Crippen molar-refractivity contribution >= 4 is 38.9 Å². The minimum atomic E-state index is -3.50. The molecule has 1 aromatic rings. The van der Waals surface area contributed by atoms with Gasteiger partial charge in [-0.25, -0.2) is 13.1 Å². The third kappa shape index (κ3) is 6.38. The van der Waals surface area contributed by atoms with Gasteiger partial charge in [-0.15, -0.1) is 11.3 Å². The Balaban J connectivity index is 1.74. The molecule has 1 saturated heterocycles. The normalized spacial score (nSPS) is 17.1. The lowest BCUT2D eigenvalue weighted by Crippen LogP contribution is -2.53. The molecule has 0 unspecified atom stereocenters. The average Bonchev–Trinajstić information content (AvgIpc) is 3.03. The maximum atomic E-state index is 12.2. The number of rotatable bonds is 7. The van der Waals surface area contributed by atoms with E-state index in [-0.39, 0.29) is 10.8 Å². The second-order valence-electron chi connectivity index (χ2n) is 6.61. The van der Waals surface area contributed by atoms with Crippen LogP contribution in [0.2, 0.25) is 4.34 Å². The molecule has 148 valence electrons. The van der Waals surface area contributed by atoms with E-state index >= 15 is 0 Å². The maximum Gasteiger partial charge on any atom is 0.250 e. The van der Waals surface area contributed by atoms with E-state index in [1.807, 2.05) is 0 Å². The highest BCUT2D eigenvalue weighted by molar-refractivity contribution is 7.91. The molecule has 0 bridgehead atoms. The van der Waals surface area contributed by atoms with Crippen LogP contribution in [-0.4, -0.2) is 77.0 Å². The first-order valence-corrected chi connectivity index (χ1v) is 11.4. The van der Waals surface area contributed by atoms with Crippen LogP contribution in [0.3, 0.4) is 0 Å². The minimum Gasteiger partial charge on any atom is -0.355 e. The number of aliphatic imine (C=N–C) groups is 1. The van der Waals surface area contributed by atoms with Gasteiger partial charge >= 0.3 is 0 Å². The van der Waals surface area contributed by atoms with Crippen LogP contribution in [0.1, 0.15) is 13.8 Å². The summed E-state index contributed by atoms with van der Waals surface area (Å²) in [6, 6.07) is 3.10. The molecule has 0 amide bonds. The molecule has 0 aliphatic carbocycles. The summed E-state index contributed by atoms with van der Waals surface area (Å²) in [6.45, 7) is 10.2. The summed E-state index contributed by atoms with van der Waals surface area (Å²) in [4.78, 5) is 8.99. The first-order chi connectivity index (χ1) is 12.3. The van der Waals surface area contributed by atoms with Crippen molar-refractivity contribution in [3.8, 4) is 0 Å². The Hall–Kier alpha value is -0.870. The zero-order valence-electron chi connectivity index (χ0n) is 15.5. The number of nitrogens with one attached hydrogen (secondary N) is 2. The molecule has 1 aromatic heterocycles. The molecule has 2 rings (SSSR count). The molecule has 0 spiro atoms. The van der Waals surface area contributed by atoms with Gasteiger partial charge in [0.25, 0.3) is 0 Å². The Kier molecular flexibility index (Phi) is 8.15. The fourth-order valence-corrected chi connectivity index (χ4v) is 5.42. The van der Waals surface area contributed by atoms with Gasteiger partial charge in [-0.3, -0.25) is 9.89 Å². The smallest absolute Gasteiger partial charge is 0.250 e. The Labute approximate surface area is 165 Å². The Morgan fingerprint density at radius 1 is 1.27 bits per heavy atom. The van der Waals surface area contributed by atoms with E-state index in [0.29, 0.717) is 16.8 Å². The molecule has 0 saturated carbocycles. The Morgan fingerprint density at radius 3 is 2.50 bits per heavy atom. The average molecular weight is 422 g/mol. The number of sulfonamides is 1. The fourth-order valence-electron chi connectivity index (χ4n) is 2.86. The zero-order chi connectivity index (χ0) is 19.2. The van der Waals surface area contributed by atoms with E-state index in [1.165, 1.54) is 6.07 Å². The molecular formula is C16H28ClN5O2S2. The highest BCUT2D eigenvalue weighted by Crippen LogP contribution is 2.25. The summed E-state index contributed by atoms with van der Waals surface area (Å²) in [5.41, 5.74) is 0. The number of hydrogen-bond donors (Lipinski definition) is 2. The highest BCUT2D eigenvalue weighted by atomic mass is 35.5. The lowest BCUT2D eigenvalue weighted by molar-refractivity contribution is 0.164. The lowest BCUT2D eigenvalue weighted by Gasteiger charge is -2.37. The van der Waals surface area contributed by atoms with Crippen molar-refractivity contribution in [1.29, 1.82) is 0 Å². The van der Waals surface area contributed by atoms with Crippen molar-refractivity contribution in [2.75, 3.05) is 52.9 Å². The van der Waals surface area contributed by atoms with Gasteiger partial charge in [0.05, 0.1) is 4.34 Å². The first-order valence-electron chi connectivity index (χ1n) is 8.75. The van der Waals surface area contributed by atoms with Crippen molar-refractivity contribution in [3.63, 3.8) is 0 Å². The lowest BCUT2D eigenvalue weighted by atomic mass is 10.2. The van der Waals surface area contributed by atoms with Crippen molar-refractivity contribution in [2.45, 2.75) is 18.1 Å². The molecule has 10 heteroatoms. The topological polar surface area (TPSA) is 77.0 Å². The quantitative estimate of drug-likeness (QED) is 0.396. The summed E-state index contributed by atoms with van der Waals surface area (Å²) < 4.78 is 27.6. The molecule has 7 nitrogen and oxygen atoms in total. The van der Waals surface area contributed by atoms with Gasteiger partial charge in [0.15, 0.2) is 5.96 Å². The predicted molar refractivity (Wildman–Crippen MR) is 109 cm³/mol. The molecule has 0 atom stereocenters. The molecule has 2 heterocycles. The monoisotopic (exact) mass is 421 g/mol. The molecular weight excluding hydrogens is 394 g/mol. The fraction of sp³-hybridized carbons (Fsp3) is 0.688. The van der Waals surface area contributed by atoms with Crippen molar-refractivity contribution < 1.29 is 8.42 Å². The molecule has 2 N–H and O–H groups in total. The Morgan fingerprint density at radius 2 is 1.96 bits per heavy atom. The van der Waals surface area contributed by atoms with Crippen LogP contribution in [-0.2, 0) is 10.0 Å². The summed E-state index contributed by atoms with van der Waals surface area (Å²) in [6.07, 6.45) is 0. The van der Waals surface area contributed by atoms with Crippen LogP contribution < -0.4 is 10.0 Å². The van der Waals surface area contributed by atoms with Crippen molar-refractivity contribution in [1.82, 2.24) is 19.8 Å². The van der Waals surface area contributed by atoms with Crippen LogP contribution in [0.4, 0.5) is 0 Å². The van der Waals surface area contributed by atoms with Crippen LogP contribution >= 0.6 is 22.9 Å². The molecule has 1 fully saturated rings. The van der Waals surface area contributed by atoms with Gasteiger partial charge in [0, 0.05) is 52.9 Å². The number of thiophene rings is 1. The van der Waals surface area contributed by atoms with Gasteiger partial charge in [-0.05, 0) is 18.1 Å². The van der Waals surface area contributed by atoms with Gasteiger partial charge in [-0.2, -0.15) is 0 Å². The van der Waals surface area contributed by atoms with Crippen molar-refractivity contribution in [2.24, 2.45) is 10.9 Å². The molecule has 0 radical (unpaired) electrons. The number of hydrogen-bond acceptors (Lipinski definition) is 5. The molecule has 0 aromatic carbocycles. The van der Waals surface area contributed by atoms with Crippen LogP contribution in [0.15, 0.2) is 21.3 Å². The second-order valence-corrected chi connectivity index (χ2v) is 10.3. The summed E-state index contributed by atoms with van der Waals surface area (Å²) in [5.74, 6) is 1.48. The zero-order valence-corrected chi connectivity index (χ0v) is 17.9. The van der Waals surface area contributed by atoms with E-state index in [2.05, 4.69) is 38.7 Å². The van der Waals surface area contributed by atoms with Crippen LogP contribution in [0.25, 0.3) is 0 Å². The van der Waals surface area contributed by atoms with E-state index in [4.69, 9.17) is 11.6 Å².